The van der Waals surface area contributed by atoms with Gasteiger partial charge < -0.3 is 10.2 Å². The molecule has 0 saturated heterocycles. The first kappa shape index (κ1) is 29.3. The average molecular weight is 431 g/mol. The predicted octanol–water partition coefficient (Wildman–Crippen LogP) is 5.23. The SMILES string of the molecule is C1CCCCC1.OCCCCC#CC#CCCC#CC#CCCC#CC#CCCCCO. The second kappa shape index (κ2) is 28.3. The normalized spacial score (nSPS) is 10.7. The molecule has 32 heavy (non-hydrogen) atoms. The average Bonchev–Trinajstić information content (AvgIpc) is 2.84. The Morgan fingerprint density at radius 2 is 0.594 bits per heavy atom. The van der Waals surface area contributed by atoms with Gasteiger partial charge in [-0.3, -0.25) is 0 Å². The zero-order valence-electron chi connectivity index (χ0n) is 19.6. The zero-order chi connectivity index (χ0) is 23.2. The number of aliphatic hydroxyl groups excluding tert-OH is 2. The van der Waals surface area contributed by atoms with Gasteiger partial charge >= 0.3 is 0 Å². The quantitative estimate of drug-likeness (QED) is 0.409. The maximum atomic E-state index is 8.62. The van der Waals surface area contributed by atoms with Crippen molar-refractivity contribution in [3.63, 3.8) is 0 Å². The summed E-state index contributed by atoms with van der Waals surface area (Å²) < 4.78 is 0. The summed E-state index contributed by atoms with van der Waals surface area (Å²) in [6.07, 6.45) is 16.8. The number of unbranched alkanes of at least 4 members (excludes halogenated alkanes) is 6. The predicted molar refractivity (Wildman–Crippen MR) is 135 cm³/mol. The number of rotatable bonds is 8. The molecular formula is C30H38O2. The molecule has 1 saturated carbocycles. The Morgan fingerprint density at radius 3 is 0.844 bits per heavy atom. The topological polar surface area (TPSA) is 40.5 Å². The van der Waals surface area contributed by atoms with Crippen LogP contribution in [0.15, 0.2) is 0 Å². The Bertz CT molecular complexity index is 732. The van der Waals surface area contributed by atoms with Gasteiger partial charge in [0.25, 0.3) is 0 Å². The van der Waals surface area contributed by atoms with Gasteiger partial charge in [0.1, 0.15) is 0 Å². The van der Waals surface area contributed by atoms with Gasteiger partial charge in [-0.05, 0) is 61.2 Å². The van der Waals surface area contributed by atoms with Crippen molar-refractivity contribution in [2.75, 3.05) is 13.2 Å². The molecule has 0 atom stereocenters. The standard InChI is InChI=1S/C24H26O2.C6H12/c25-23-21-19-17-15-13-11-9-7-5-3-1-2-4-6-8-10-12-14-16-18-20-22-24-26;1-2-4-6-5-3-1/h25-26H,5-8,17-24H2;1-6H2. The van der Waals surface area contributed by atoms with Crippen LogP contribution in [0.2, 0.25) is 0 Å². The van der Waals surface area contributed by atoms with Gasteiger partial charge in [0, 0.05) is 51.7 Å². The second-order valence-corrected chi connectivity index (χ2v) is 7.29. The van der Waals surface area contributed by atoms with Crippen molar-refractivity contribution in [1.82, 2.24) is 0 Å². The summed E-state index contributed by atoms with van der Waals surface area (Å²) in [7, 11) is 0. The van der Waals surface area contributed by atoms with E-state index in [0.717, 1.165) is 38.5 Å². The van der Waals surface area contributed by atoms with Crippen molar-refractivity contribution in [2.45, 2.75) is 103 Å². The Balaban J connectivity index is 0.00000136. The van der Waals surface area contributed by atoms with Crippen LogP contribution in [0.3, 0.4) is 0 Å². The third-order valence-corrected chi connectivity index (χ3v) is 4.39. The van der Waals surface area contributed by atoms with Crippen LogP contribution in [-0.2, 0) is 0 Å². The summed E-state index contributed by atoms with van der Waals surface area (Å²) in [6, 6.07) is 0. The minimum atomic E-state index is 0.226. The summed E-state index contributed by atoms with van der Waals surface area (Å²) in [5.41, 5.74) is 0. The summed E-state index contributed by atoms with van der Waals surface area (Å²) in [4.78, 5) is 0. The molecule has 0 radical (unpaired) electrons. The molecular weight excluding hydrogens is 392 g/mol. The molecule has 2 nitrogen and oxygen atoms in total. The monoisotopic (exact) mass is 430 g/mol. The Labute approximate surface area is 197 Å². The highest BCUT2D eigenvalue weighted by molar-refractivity contribution is 5.29. The molecule has 0 aromatic heterocycles. The maximum absolute atomic E-state index is 8.62. The summed E-state index contributed by atoms with van der Waals surface area (Å²) in [5, 5.41) is 17.2. The minimum absolute atomic E-state index is 0.226. The highest BCUT2D eigenvalue weighted by Crippen LogP contribution is 2.15. The van der Waals surface area contributed by atoms with Crippen LogP contribution in [0.25, 0.3) is 0 Å². The van der Waals surface area contributed by atoms with E-state index in [4.69, 9.17) is 10.2 Å². The van der Waals surface area contributed by atoms with Crippen LogP contribution < -0.4 is 0 Å². The molecule has 0 unspecified atom stereocenters. The lowest BCUT2D eigenvalue weighted by molar-refractivity contribution is 0.285. The highest BCUT2D eigenvalue weighted by atomic mass is 16.3. The van der Waals surface area contributed by atoms with Gasteiger partial charge in [0.05, 0.1) is 0 Å². The lowest BCUT2D eigenvalue weighted by Crippen LogP contribution is -1.85. The van der Waals surface area contributed by atoms with Gasteiger partial charge in [0.2, 0.25) is 0 Å². The van der Waals surface area contributed by atoms with Crippen LogP contribution in [0.4, 0.5) is 0 Å². The third kappa shape index (κ3) is 27.3. The first-order valence-corrected chi connectivity index (χ1v) is 12.0. The van der Waals surface area contributed by atoms with Gasteiger partial charge in [-0.15, -0.1) is 0 Å². The molecule has 0 aromatic rings. The van der Waals surface area contributed by atoms with E-state index in [1.165, 1.54) is 38.5 Å². The Hall–Kier alpha value is -2.72. The van der Waals surface area contributed by atoms with E-state index in [9.17, 15) is 0 Å². The van der Waals surface area contributed by atoms with E-state index in [2.05, 4.69) is 71.0 Å². The van der Waals surface area contributed by atoms with Crippen molar-refractivity contribution in [3.8, 4) is 71.0 Å². The van der Waals surface area contributed by atoms with Gasteiger partial charge in [-0.2, -0.15) is 0 Å². The fraction of sp³-hybridized carbons (Fsp3) is 0.600. The maximum Gasteiger partial charge on any atom is 0.0431 e. The molecule has 0 amide bonds. The minimum Gasteiger partial charge on any atom is -0.396 e. The van der Waals surface area contributed by atoms with Gasteiger partial charge in [-0.25, -0.2) is 0 Å². The van der Waals surface area contributed by atoms with E-state index in [0.29, 0.717) is 25.7 Å². The lowest BCUT2D eigenvalue weighted by Gasteiger charge is -2.05. The second-order valence-electron chi connectivity index (χ2n) is 7.29. The Morgan fingerprint density at radius 1 is 0.344 bits per heavy atom. The number of aliphatic hydroxyl groups is 2. The van der Waals surface area contributed by atoms with Crippen LogP contribution in [0.1, 0.15) is 103 Å². The van der Waals surface area contributed by atoms with E-state index in [-0.39, 0.29) is 13.2 Å². The molecule has 0 heterocycles. The molecule has 0 spiro atoms. The molecule has 0 bridgehead atoms. The molecule has 170 valence electrons. The Kier molecular flexibility index (Phi) is 25.9. The first-order chi connectivity index (χ1) is 15.9. The van der Waals surface area contributed by atoms with E-state index >= 15 is 0 Å². The molecule has 0 aliphatic heterocycles. The molecule has 0 aromatic carbocycles. The van der Waals surface area contributed by atoms with E-state index < -0.39 is 0 Å². The van der Waals surface area contributed by atoms with Crippen molar-refractivity contribution >= 4 is 0 Å². The molecule has 1 aliphatic rings. The fourth-order valence-corrected chi connectivity index (χ4v) is 2.60. The van der Waals surface area contributed by atoms with E-state index in [1.54, 1.807) is 0 Å². The smallest absolute Gasteiger partial charge is 0.0431 e. The largest absolute Gasteiger partial charge is 0.396 e. The molecule has 1 rings (SSSR count). The van der Waals surface area contributed by atoms with E-state index in [1.807, 2.05) is 0 Å². The summed E-state index contributed by atoms with van der Waals surface area (Å²) in [5.74, 6) is 34.5. The van der Waals surface area contributed by atoms with Crippen molar-refractivity contribution in [1.29, 1.82) is 0 Å². The van der Waals surface area contributed by atoms with Gasteiger partial charge in [0.15, 0.2) is 0 Å². The molecule has 1 fully saturated rings. The third-order valence-electron chi connectivity index (χ3n) is 4.39. The van der Waals surface area contributed by atoms with Gasteiger partial charge in [-0.1, -0.05) is 74.0 Å². The molecule has 1 aliphatic carbocycles. The fourth-order valence-electron chi connectivity index (χ4n) is 2.60. The zero-order valence-corrected chi connectivity index (χ0v) is 19.6. The van der Waals surface area contributed by atoms with Crippen LogP contribution in [0.5, 0.6) is 0 Å². The summed E-state index contributed by atoms with van der Waals surface area (Å²) in [6.45, 7) is 0.452. The number of hydrogen-bond acceptors (Lipinski definition) is 2. The van der Waals surface area contributed by atoms with Crippen molar-refractivity contribution in [3.05, 3.63) is 0 Å². The van der Waals surface area contributed by atoms with Crippen molar-refractivity contribution in [2.24, 2.45) is 0 Å². The molecule has 2 N–H and O–H groups in total. The van der Waals surface area contributed by atoms with Crippen LogP contribution >= 0.6 is 0 Å². The lowest BCUT2D eigenvalue weighted by atomic mass is 10.0. The number of hydrogen-bond donors (Lipinski definition) is 2. The van der Waals surface area contributed by atoms with Crippen LogP contribution in [0, 0.1) is 71.0 Å². The first-order valence-electron chi connectivity index (χ1n) is 12.0. The van der Waals surface area contributed by atoms with Crippen LogP contribution in [-0.4, -0.2) is 23.4 Å². The van der Waals surface area contributed by atoms with Crippen molar-refractivity contribution < 1.29 is 10.2 Å². The molecule has 2 heteroatoms. The highest BCUT2D eigenvalue weighted by Gasteiger charge is 1.95. The summed E-state index contributed by atoms with van der Waals surface area (Å²) >= 11 is 0.